The smallest absolute Gasteiger partial charge is 0.410 e. The van der Waals surface area contributed by atoms with Gasteiger partial charge in [0.15, 0.2) is 0 Å². The van der Waals surface area contributed by atoms with Crippen LogP contribution in [0.3, 0.4) is 0 Å². The van der Waals surface area contributed by atoms with Crippen molar-refractivity contribution >= 4 is 28.1 Å². The van der Waals surface area contributed by atoms with Gasteiger partial charge in [0.05, 0.1) is 18.7 Å². The molecule has 0 radical (unpaired) electrons. The largest absolute Gasteiger partial charge is 0.496 e. The monoisotopic (exact) mass is 474 g/mol. The Kier molecular flexibility index (Phi) is 9.33. The molecule has 0 aliphatic carbocycles. The minimum absolute atomic E-state index is 0.00941. The summed E-state index contributed by atoms with van der Waals surface area (Å²) in [5, 5.41) is 5.36. The van der Waals surface area contributed by atoms with E-state index in [-0.39, 0.29) is 6.04 Å². The molecule has 1 unspecified atom stereocenters. The van der Waals surface area contributed by atoms with E-state index in [1.807, 2.05) is 6.07 Å². The van der Waals surface area contributed by atoms with Gasteiger partial charge in [-0.1, -0.05) is 0 Å². The van der Waals surface area contributed by atoms with Crippen LogP contribution in [0.2, 0.25) is 0 Å². The predicted molar refractivity (Wildman–Crippen MR) is 108 cm³/mol. The van der Waals surface area contributed by atoms with Gasteiger partial charge in [0.25, 0.3) is 0 Å². The number of carbonyl (C=O) groups is 2. The zero-order valence-electron chi connectivity index (χ0n) is 16.8. The van der Waals surface area contributed by atoms with Crippen molar-refractivity contribution < 1.29 is 33.3 Å². The fourth-order valence-corrected chi connectivity index (χ4v) is 3.31. The van der Waals surface area contributed by atoms with Crippen molar-refractivity contribution in [3.8, 4) is 11.5 Å². The van der Waals surface area contributed by atoms with Gasteiger partial charge in [-0.05, 0) is 52.9 Å². The van der Waals surface area contributed by atoms with Crippen LogP contribution in [-0.2, 0) is 20.6 Å². The molecule has 10 heteroatoms. The molecule has 2 N–H and O–H groups in total. The summed E-state index contributed by atoms with van der Waals surface area (Å²) in [4.78, 5) is 23.8. The van der Waals surface area contributed by atoms with E-state index in [0.29, 0.717) is 37.7 Å². The number of hydrogen-bond acceptors (Lipinski definition) is 7. The molecule has 1 atom stereocenters. The maximum absolute atomic E-state index is 11.9. The molecule has 0 aromatic heterocycles. The molecule has 2 rings (SSSR count). The number of rotatable bonds is 8. The Morgan fingerprint density at radius 1 is 1.14 bits per heavy atom. The standard InChI is InChI=1S/C19H27BrN2O7/c1-12(29-19(24)22-14-5-8-27-9-6-14)28-18(23)21-7-4-13-10-17(26-3)15(20)11-16(13)25-2/h10-12,14H,4-9H2,1-3H3,(H,21,23)(H,22,24). The molecule has 1 aromatic rings. The van der Waals surface area contributed by atoms with Crippen molar-refractivity contribution in [2.75, 3.05) is 34.0 Å². The van der Waals surface area contributed by atoms with Crippen molar-refractivity contribution in [1.29, 1.82) is 0 Å². The highest BCUT2D eigenvalue weighted by Gasteiger charge is 2.19. The first kappa shape index (κ1) is 23.1. The molecule has 1 aliphatic rings. The summed E-state index contributed by atoms with van der Waals surface area (Å²) in [5.41, 5.74) is 0.869. The average molecular weight is 475 g/mol. The van der Waals surface area contributed by atoms with Crippen molar-refractivity contribution in [1.82, 2.24) is 10.6 Å². The van der Waals surface area contributed by atoms with Crippen LogP contribution >= 0.6 is 15.9 Å². The third kappa shape index (κ3) is 7.62. The minimum atomic E-state index is -1.02. The topological polar surface area (TPSA) is 104 Å². The highest BCUT2D eigenvalue weighted by molar-refractivity contribution is 9.10. The predicted octanol–water partition coefficient (Wildman–Crippen LogP) is 2.99. The van der Waals surface area contributed by atoms with Crippen LogP contribution in [0.15, 0.2) is 16.6 Å². The number of amides is 2. The molecular weight excluding hydrogens is 448 g/mol. The molecular formula is C19H27BrN2O7. The number of hydrogen-bond donors (Lipinski definition) is 2. The van der Waals surface area contributed by atoms with Crippen LogP contribution in [-0.4, -0.2) is 58.5 Å². The van der Waals surface area contributed by atoms with E-state index < -0.39 is 18.5 Å². The Morgan fingerprint density at radius 2 is 1.79 bits per heavy atom. The molecule has 1 aromatic carbocycles. The lowest BCUT2D eigenvalue weighted by Gasteiger charge is -2.23. The summed E-state index contributed by atoms with van der Waals surface area (Å²) in [6.07, 6.45) is -0.355. The second-order valence-electron chi connectivity index (χ2n) is 6.38. The fraction of sp³-hybridized carbons (Fsp3) is 0.579. The van der Waals surface area contributed by atoms with Gasteiger partial charge in [0.1, 0.15) is 11.5 Å². The van der Waals surface area contributed by atoms with Gasteiger partial charge in [-0.15, -0.1) is 0 Å². The highest BCUT2D eigenvalue weighted by atomic mass is 79.9. The van der Waals surface area contributed by atoms with Crippen LogP contribution in [0.1, 0.15) is 25.3 Å². The summed E-state index contributed by atoms with van der Waals surface area (Å²) in [6, 6.07) is 3.65. The average Bonchev–Trinajstić information content (AvgIpc) is 2.69. The molecule has 1 saturated heterocycles. The lowest BCUT2D eigenvalue weighted by molar-refractivity contribution is -0.0498. The molecule has 0 spiro atoms. The van der Waals surface area contributed by atoms with Crippen LogP contribution in [0.4, 0.5) is 9.59 Å². The number of halogens is 1. The van der Waals surface area contributed by atoms with E-state index in [0.717, 1.165) is 22.9 Å². The van der Waals surface area contributed by atoms with Gasteiger partial charge in [0, 0.05) is 32.7 Å². The lowest BCUT2D eigenvalue weighted by Crippen LogP contribution is -2.41. The zero-order chi connectivity index (χ0) is 21.2. The summed E-state index contributed by atoms with van der Waals surface area (Å²) in [5.74, 6) is 1.34. The molecule has 9 nitrogen and oxygen atoms in total. The van der Waals surface area contributed by atoms with E-state index in [1.54, 1.807) is 20.3 Å². The SMILES string of the molecule is COc1cc(CCNC(=O)OC(C)OC(=O)NC2CCOCC2)c(OC)cc1Br. The fourth-order valence-electron chi connectivity index (χ4n) is 2.83. The maximum atomic E-state index is 11.9. The first-order chi connectivity index (χ1) is 13.9. The summed E-state index contributed by atoms with van der Waals surface area (Å²) < 4.78 is 26.7. The molecule has 1 fully saturated rings. The molecule has 2 amide bonds. The van der Waals surface area contributed by atoms with E-state index >= 15 is 0 Å². The molecule has 1 heterocycles. The van der Waals surface area contributed by atoms with Gasteiger partial charge < -0.3 is 34.3 Å². The Hall–Kier alpha value is -2.20. The van der Waals surface area contributed by atoms with Crippen LogP contribution in [0.25, 0.3) is 0 Å². The van der Waals surface area contributed by atoms with Crippen LogP contribution < -0.4 is 20.1 Å². The quantitative estimate of drug-likeness (QED) is 0.557. The summed E-state index contributed by atoms with van der Waals surface area (Å²) >= 11 is 3.40. The minimum Gasteiger partial charge on any atom is -0.496 e. The van der Waals surface area contributed by atoms with Gasteiger partial charge >= 0.3 is 12.2 Å². The van der Waals surface area contributed by atoms with Gasteiger partial charge in [-0.3, -0.25) is 0 Å². The van der Waals surface area contributed by atoms with Crippen molar-refractivity contribution in [3.63, 3.8) is 0 Å². The van der Waals surface area contributed by atoms with Gasteiger partial charge in [-0.2, -0.15) is 0 Å². The summed E-state index contributed by atoms with van der Waals surface area (Å²) in [7, 11) is 3.15. The maximum Gasteiger partial charge on any atom is 0.410 e. The first-order valence-electron chi connectivity index (χ1n) is 9.32. The molecule has 162 valence electrons. The third-order valence-electron chi connectivity index (χ3n) is 4.31. The Bertz CT molecular complexity index is 695. The van der Waals surface area contributed by atoms with E-state index in [9.17, 15) is 9.59 Å². The number of alkyl carbamates (subject to hydrolysis) is 2. The third-order valence-corrected chi connectivity index (χ3v) is 4.93. The highest BCUT2D eigenvalue weighted by Crippen LogP contribution is 2.32. The van der Waals surface area contributed by atoms with Gasteiger partial charge in [-0.25, -0.2) is 9.59 Å². The van der Waals surface area contributed by atoms with E-state index in [4.69, 9.17) is 23.7 Å². The van der Waals surface area contributed by atoms with E-state index in [1.165, 1.54) is 6.92 Å². The van der Waals surface area contributed by atoms with Crippen molar-refractivity contribution in [2.24, 2.45) is 0 Å². The zero-order valence-corrected chi connectivity index (χ0v) is 18.4. The van der Waals surface area contributed by atoms with Crippen molar-refractivity contribution in [3.05, 3.63) is 22.2 Å². The second-order valence-corrected chi connectivity index (χ2v) is 7.24. The molecule has 0 bridgehead atoms. The Labute approximate surface area is 178 Å². The molecule has 29 heavy (non-hydrogen) atoms. The number of ether oxygens (including phenoxy) is 5. The van der Waals surface area contributed by atoms with Crippen LogP contribution in [0, 0.1) is 0 Å². The first-order valence-corrected chi connectivity index (χ1v) is 10.1. The van der Waals surface area contributed by atoms with Gasteiger partial charge in [0.2, 0.25) is 6.29 Å². The second kappa shape index (κ2) is 11.7. The van der Waals surface area contributed by atoms with Crippen LogP contribution in [0.5, 0.6) is 11.5 Å². The lowest BCUT2D eigenvalue weighted by atomic mass is 10.1. The Morgan fingerprint density at radius 3 is 2.45 bits per heavy atom. The molecule has 1 aliphatic heterocycles. The number of carbonyl (C=O) groups excluding carboxylic acids is 2. The number of nitrogens with one attached hydrogen (secondary N) is 2. The molecule has 0 saturated carbocycles. The normalized spacial score (nSPS) is 15.2. The Balaban J connectivity index is 1.73. The number of methoxy groups -OCH3 is 2. The number of benzene rings is 1. The van der Waals surface area contributed by atoms with E-state index in [2.05, 4.69) is 26.6 Å². The summed E-state index contributed by atoms with van der Waals surface area (Å²) in [6.45, 7) is 3.00. The van der Waals surface area contributed by atoms with Crippen molar-refractivity contribution in [2.45, 2.75) is 38.5 Å².